The topological polar surface area (TPSA) is 115 Å². The molecule has 1 N–H and O–H groups in total. The van der Waals surface area contributed by atoms with Crippen LogP contribution in [0.3, 0.4) is 0 Å². The van der Waals surface area contributed by atoms with Crippen molar-refractivity contribution in [1.29, 1.82) is 0 Å². The van der Waals surface area contributed by atoms with E-state index in [0.29, 0.717) is 0 Å². The zero-order valence-corrected chi connectivity index (χ0v) is 13.1. The minimum Gasteiger partial charge on any atom is -0.346 e. The fourth-order valence-corrected chi connectivity index (χ4v) is 2.30. The first-order valence-electron chi connectivity index (χ1n) is 7.10. The molecule has 0 spiro atoms. The molecule has 2 aromatic rings. The summed E-state index contributed by atoms with van der Waals surface area (Å²) in [4.78, 5) is 33.0. The van der Waals surface area contributed by atoms with Gasteiger partial charge in [-0.3, -0.25) is 25.0 Å². The number of hydrogen-bond donors (Lipinski definition) is 1. The molecule has 8 nitrogen and oxygen atoms in total. The summed E-state index contributed by atoms with van der Waals surface area (Å²) in [6, 6.07) is 10.9. The number of nitrogens with one attached hydrogen (secondary N) is 1. The number of benzene rings is 2. The first kappa shape index (κ1) is 17.1. The summed E-state index contributed by atoms with van der Waals surface area (Å²) in [7, 11) is 0. The number of nitro benzene ring substituents is 2. The number of nitro groups is 2. The van der Waals surface area contributed by atoms with E-state index < -0.39 is 27.1 Å². The van der Waals surface area contributed by atoms with Crippen molar-refractivity contribution in [2.24, 2.45) is 0 Å². The third-order valence-corrected chi connectivity index (χ3v) is 3.66. The van der Waals surface area contributed by atoms with E-state index in [0.717, 1.165) is 17.7 Å². The molecule has 124 valence electrons. The van der Waals surface area contributed by atoms with Gasteiger partial charge < -0.3 is 5.32 Å². The second-order valence-corrected chi connectivity index (χ2v) is 5.26. The van der Waals surface area contributed by atoms with Gasteiger partial charge in [-0.2, -0.15) is 0 Å². The minimum atomic E-state index is -0.736. The highest BCUT2D eigenvalue weighted by molar-refractivity contribution is 5.96. The molecule has 0 saturated carbocycles. The molecule has 0 unspecified atom stereocenters. The van der Waals surface area contributed by atoms with Gasteiger partial charge in [0.15, 0.2) is 0 Å². The molecule has 1 atom stereocenters. The van der Waals surface area contributed by atoms with Crippen molar-refractivity contribution in [2.75, 3.05) is 0 Å². The van der Waals surface area contributed by atoms with Crippen LogP contribution in [0, 0.1) is 27.2 Å². The van der Waals surface area contributed by atoms with Crippen LogP contribution < -0.4 is 5.32 Å². The number of carbonyl (C=O) groups excluding carboxylic acids is 1. The second kappa shape index (κ2) is 6.86. The summed E-state index contributed by atoms with van der Waals surface area (Å²) in [6.07, 6.45) is 0. The van der Waals surface area contributed by atoms with Gasteiger partial charge >= 0.3 is 0 Å². The van der Waals surface area contributed by atoms with Crippen LogP contribution in [-0.4, -0.2) is 15.8 Å². The van der Waals surface area contributed by atoms with Crippen molar-refractivity contribution in [3.63, 3.8) is 0 Å². The third-order valence-electron chi connectivity index (χ3n) is 3.66. The summed E-state index contributed by atoms with van der Waals surface area (Å²) in [5.41, 5.74) is -0.273. The van der Waals surface area contributed by atoms with E-state index in [1.807, 2.05) is 30.3 Å². The van der Waals surface area contributed by atoms with Gasteiger partial charge in [-0.25, -0.2) is 0 Å². The van der Waals surface area contributed by atoms with Gasteiger partial charge in [-0.1, -0.05) is 30.3 Å². The van der Waals surface area contributed by atoms with Crippen molar-refractivity contribution in [2.45, 2.75) is 19.9 Å². The van der Waals surface area contributed by atoms with Crippen LogP contribution >= 0.6 is 0 Å². The molecule has 24 heavy (non-hydrogen) atoms. The fourth-order valence-electron chi connectivity index (χ4n) is 2.30. The number of carbonyl (C=O) groups is 1. The van der Waals surface area contributed by atoms with E-state index in [9.17, 15) is 25.0 Å². The Bertz CT molecular complexity index is 770. The average molecular weight is 329 g/mol. The van der Waals surface area contributed by atoms with Crippen molar-refractivity contribution in [3.05, 3.63) is 79.4 Å². The van der Waals surface area contributed by atoms with Gasteiger partial charge in [0, 0.05) is 12.1 Å². The Kier molecular flexibility index (Phi) is 4.88. The highest BCUT2D eigenvalue weighted by Crippen LogP contribution is 2.29. The van der Waals surface area contributed by atoms with Crippen molar-refractivity contribution >= 4 is 17.3 Å². The average Bonchev–Trinajstić information content (AvgIpc) is 2.55. The normalized spacial score (nSPS) is 11.6. The van der Waals surface area contributed by atoms with Crippen LogP contribution in [0.5, 0.6) is 0 Å². The van der Waals surface area contributed by atoms with Gasteiger partial charge in [0.1, 0.15) is 5.56 Å². The molecule has 2 rings (SSSR count). The lowest BCUT2D eigenvalue weighted by Crippen LogP contribution is -2.26. The van der Waals surface area contributed by atoms with Crippen molar-refractivity contribution in [1.82, 2.24) is 5.32 Å². The quantitative estimate of drug-likeness (QED) is 0.667. The number of amides is 1. The van der Waals surface area contributed by atoms with Gasteiger partial charge in [0.05, 0.1) is 21.5 Å². The molecule has 0 radical (unpaired) electrons. The molecule has 0 aliphatic carbocycles. The Morgan fingerprint density at radius 2 is 1.54 bits per heavy atom. The minimum absolute atomic E-state index is 0.0855. The maximum atomic E-state index is 12.3. The Morgan fingerprint density at radius 3 is 2.00 bits per heavy atom. The Morgan fingerprint density at radius 1 is 1.04 bits per heavy atom. The zero-order chi connectivity index (χ0) is 17.9. The Hall–Kier alpha value is -3.29. The van der Waals surface area contributed by atoms with Crippen LogP contribution in [0.25, 0.3) is 0 Å². The van der Waals surface area contributed by atoms with E-state index >= 15 is 0 Å². The van der Waals surface area contributed by atoms with E-state index in [1.165, 1.54) is 6.92 Å². The number of nitrogens with zero attached hydrogens (tertiary/aromatic N) is 2. The molecule has 0 fully saturated rings. The van der Waals surface area contributed by atoms with Crippen molar-refractivity contribution in [3.8, 4) is 0 Å². The SMILES string of the molecule is Cc1c([N+](=O)[O-])cc(C(=O)N[C@H](C)c2ccccc2)cc1[N+](=O)[O-]. The summed E-state index contributed by atoms with van der Waals surface area (Å²) in [5.74, 6) is -0.613. The van der Waals surface area contributed by atoms with E-state index in [4.69, 9.17) is 0 Å². The monoisotopic (exact) mass is 329 g/mol. The first-order chi connectivity index (χ1) is 11.3. The molecule has 0 aromatic heterocycles. The lowest BCUT2D eigenvalue weighted by atomic mass is 10.1. The fraction of sp³-hybridized carbons (Fsp3) is 0.188. The van der Waals surface area contributed by atoms with Gasteiger partial charge in [0.2, 0.25) is 0 Å². The lowest BCUT2D eigenvalue weighted by molar-refractivity contribution is -0.395. The molecule has 0 saturated heterocycles. The third kappa shape index (κ3) is 3.54. The number of hydrogen-bond acceptors (Lipinski definition) is 5. The highest BCUT2D eigenvalue weighted by Gasteiger charge is 2.25. The van der Waals surface area contributed by atoms with Gasteiger partial charge in [0.25, 0.3) is 17.3 Å². The molecule has 1 amide bonds. The molecular formula is C16H15N3O5. The van der Waals surface area contributed by atoms with Crippen LogP contribution in [-0.2, 0) is 0 Å². The summed E-state index contributed by atoms with van der Waals surface area (Å²) in [6.45, 7) is 3.04. The van der Waals surface area contributed by atoms with Crippen LogP contribution in [0.1, 0.15) is 34.5 Å². The van der Waals surface area contributed by atoms with Crippen LogP contribution in [0.4, 0.5) is 11.4 Å². The van der Waals surface area contributed by atoms with E-state index in [1.54, 1.807) is 6.92 Å². The maximum absolute atomic E-state index is 12.3. The first-order valence-corrected chi connectivity index (χ1v) is 7.10. The molecule has 0 bridgehead atoms. The van der Waals surface area contributed by atoms with E-state index in [-0.39, 0.29) is 17.2 Å². The summed E-state index contributed by atoms with van der Waals surface area (Å²) < 4.78 is 0. The predicted octanol–water partition coefficient (Wildman–Crippen LogP) is 3.30. The largest absolute Gasteiger partial charge is 0.346 e. The van der Waals surface area contributed by atoms with Crippen molar-refractivity contribution < 1.29 is 14.6 Å². The molecule has 2 aromatic carbocycles. The molecule has 0 heterocycles. The zero-order valence-electron chi connectivity index (χ0n) is 13.1. The smallest absolute Gasteiger partial charge is 0.279 e. The van der Waals surface area contributed by atoms with Gasteiger partial charge in [-0.15, -0.1) is 0 Å². The van der Waals surface area contributed by atoms with Crippen LogP contribution in [0.2, 0.25) is 0 Å². The molecule has 8 heteroatoms. The summed E-state index contributed by atoms with van der Waals surface area (Å²) in [5, 5.41) is 24.8. The Labute approximate surface area is 137 Å². The lowest BCUT2D eigenvalue weighted by Gasteiger charge is -2.14. The number of rotatable bonds is 5. The maximum Gasteiger partial charge on any atom is 0.279 e. The Balaban J connectivity index is 2.35. The molecule has 0 aliphatic heterocycles. The standard InChI is InChI=1S/C16H15N3O5/c1-10-14(18(21)22)8-13(9-15(10)19(23)24)16(20)17-11(2)12-6-4-3-5-7-12/h3-9,11H,1-2H3,(H,17,20)/t11-/m1/s1. The molecular weight excluding hydrogens is 314 g/mol. The summed E-state index contributed by atoms with van der Waals surface area (Å²) >= 11 is 0. The second-order valence-electron chi connectivity index (χ2n) is 5.26. The van der Waals surface area contributed by atoms with Gasteiger partial charge in [-0.05, 0) is 19.4 Å². The molecule has 0 aliphatic rings. The predicted molar refractivity (Wildman–Crippen MR) is 86.8 cm³/mol. The highest BCUT2D eigenvalue weighted by atomic mass is 16.6. The van der Waals surface area contributed by atoms with Crippen LogP contribution in [0.15, 0.2) is 42.5 Å². The van der Waals surface area contributed by atoms with E-state index in [2.05, 4.69) is 5.32 Å².